The van der Waals surface area contributed by atoms with Gasteiger partial charge in [-0.15, -0.1) is 0 Å². The minimum Gasteiger partial charge on any atom is -0.475 e. The Morgan fingerprint density at radius 1 is 0.786 bits per heavy atom. The van der Waals surface area contributed by atoms with Gasteiger partial charge in [0.1, 0.15) is 0 Å². The SMILES string of the molecule is O=C(O)C(=O)CS.O=C(O)C(=O)CS. The third kappa shape index (κ3) is 9.07. The van der Waals surface area contributed by atoms with Crippen LogP contribution in [0.4, 0.5) is 0 Å². The maximum atomic E-state index is 9.84. The van der Waals surface area contributed by atoms with Gasteiger partial charge in [0, 0.05) is 0 Å². The van der Waals surface area contributed by atoms with E-state index in [1.54, 1.807) is 0 Å². The number of thiol groups is 2. The maximum Gasteiger partial charge on any atom is 0.373 e. The Morgan fingerprint density at radius 3 is 1.00 bits per heavy atom. The van der Waals surface area contributed by atoms with Crippen LogP contribution in [-0.2, 0) is 19.2 Å². The Labute approximate surface area is 90.1 Å². The van der Waals surface area contributed by atoms with E-state index in [9.17, 15) is 19.2 Å². The van der Waals surface area contributed by atoms with E-state index in [1.165, 1.54) is 0 Å². The Bertz CT molecular complexity index is 223. The largest absolute Gasteiger partial charge is 0.475 e. The minimum atomic E-state index is -1.42. The monoisotopic (exact) mass is 240 g/mol. The van der Waals surface area contributed by atoms with Crippen molar-refractivity contribution in [1.82, 2.24) is 0 Å². The third-order valence-electron chi connectivity index (χ3n) is 0.764. The number of aliphatic carboxylic acids is 2. The summed E-state index contributed by atoms with van der Waals surface area (Å²) < 4.78 is 0. The molecule has 0 aliphatic heterocycles. The molecular formula is C6H8O6S2. The Balaban J connectivity index is 0. The van der Waals surface area contributed by atoms with E-state index >= 15 is 0 Å². The van der Waals surface area contributed by atoms with Crippen molar-refractivity contribution in [3.63, 3.8) is 0 Å². The Morgan fingerprint density at radius 2 is 1.00 bits per heavy atom. The highest BCUT2D eigenvalue weighted by Gasteiger charge is 2.06. The molecule has 0 aromatic heterocycles. The highest BCUT2D eigenvalue weighted by atomic mass is 32.1. The molecule has 6 nitrogen and oxygen atoms in total. The van der Waals surface area contributed by atoms with E-state index in [0.717, 1.165) is 0 Å². The Hall–Kier alpha value is -1.02. The number of carbonyl (C=O) groups is 4. The maximum absolute atomic E-state index is 9.84. The van der Waals surface area contributed by atoms with Gasteiger partial charge >= 0.3 is 11.9 Å². The molecule has 0 rings (SSSR count). The van der Waals surface area contributed by atoms with Crippen LogP contribution < -0.4 is 0 Å². The summed E-state index contributed by atoms with van der Waals surface area (Å²) in [6.07, 6.45) is 0. The highest BCUT2D eigenvalue weighted by Crippen LogP contribution is 1.75. The second kappa shape index (κ2) is 8.57. The summed E-state index contributed by atoms with van der Waals surface area (Å²) in [6, 6.07) is 0. The summed E-state index contributed by atoms with van der Waals surface area (Å²) in [5, 5.41) is 15.6. The molecule has 0 fully saturated rings. The van der Waals surface area contributed by atoms with Crippen LogP contribution in [-0.4, -0.2) is 45.2 Å². The number of carboxylic acid groups (broad SMARTS) is 2. The topological polar surface area (TPSA) is 109 Å². The van der Waals surface area contributed by atoms with Crippen LogP contribution in [0.1, 0.15) is 0 Å². The summed E-state index contributed by atoms with van der Waals surface area (Å²) in [5.41, 5.74) is 0. The molecule has 2 N–H and O–H groups in total. The number of ketones is 2. The van der Waals surface area contributed by atoms with Gasteiger partial charge in [-0.3, -0.25) is 9.59 Å². The lowest BCUT2D eigenvalue weighted by Gasteiger charge is -1.80. The van der Waals surface area contributed by atoms with E-state index in [-0.39, 0.29) is 11.5 Å². The molecule has 0 saturated heterocycles. The third-order valence-corrected chi connectivity index (χ3v) is 1.34. The lowest BCUT2D eigenvalue weighted by atomic mass is 10.5. The fraction of sp³-hybridized carbons (Fsp3) is 0.333. The molecule has 0 atom stereocenters. The molecule has 0 amide bonds. The molecule has 0 aromatic carbocycles. The van der Waals surface area contributed by atoms with E-state index in [4.69, 9.17) is 10.2 Å². The zero-order chi connectivity index (χ0) is 11.7. The lowest BCUT2D eigenvalue weighted by Crippen LogP contribution is -2.12. The summed E-state index contributed by atoms with van der Waals surface area (Å²) in [6.45, 7) is 0. The van der Waals surface area contributed by atoms with Gasteiger partial charge in [-0.2, -0.15) is 25.3 Å². The number of rotatable bonds is 4. The first-order valence-corrected chi connectivity index (χ1v) is 4.37. The molecule has 0 aromatic rings. The van der Waals surface area contributed by atoms with Crippen molar-refractivity contribution in [3.8, 4) is 0 Å². The molecule has 0 radical (unpaired) electrons. The van der Waals surface area contributed by atoms with Gasteiger partial charge in [0.25, 0.3) is 0 Å². The van der Waals surface area contributed by atoms with E-state index in [2.05, 4.69) is 25.3 Å². The molecule has 0 bridgehead atoms. The van der Waals surface area contributed by atoms with Crippen molar-refractivity contribution in [1.29, 1.82) is 0 Å². The van der Waals surface area contributed by atoms with Crippen molar-refractivity contribution < 1.29 is 29.4 Å². The van der Waals surface area contributed by atoms with Crippen LogP contribution in [0.3, 0.4) is 0 Å². The number of carbonyl (C=O) groups excluding carboxylic acids is 2. The van der Waals surface area contributed by atoms with Crippen molar-refractivity contribution in [2.75, 3.05) is 11.5 Å². The Kier molecular flexibility index (Phi) is 9.46. The normalized spacial score (nSPS) is 8.14. The predicted molar refractivity (Wildman–Crippen MR) is 53.0 cm³/mol. The van der Waals surface area contributed by atoms with Crippen LogP contribution in [0.15, 0.2) is 0 Å². The average molecular weight is 240 g/mol. The van der Waals surface area contributed by atoms with Crippen LogP contribution in [0, 0.1) is 0 Å². The number of carboxylic acids is 2. The summed E-state index contributed by atoms with van der Waals surface area (Å²) in [4.78, 5) is 38.7. The summed E-state index contributed by atoms with van der Waals surface area (Å²) in [5.74, 6) is -5.04. The molecular weight excluding hydrogens is 232 g/mol. The van der Waals surface area contributed by atoms with Crippen molar-refractivity contribution >= 4 is 48.8 Å². The molecule has 0 spiro atoms. The molecule has 14 heavy (non-hydrogen) atoms. The number of Topliss-reactive ketones (excluding diaryl/α,β-unsaturated/α-hetero) is 2. The first-order valence-electron chi connectivity index (χ1n) is 3.10. The molecule has 8 heteroatoms. The van der Waals surface area contributed by atoms with Gasteiger partial charge in [0.05, 0.1) is 11.5 Å². The second-order valence-corrected chi connectivity index (χ2v) is 2.41. The predicted octanol–water partition coefficient (Wildman–Crippen LogP) is -0.860. The molecule has 0 saturated carbocycles. The zero-order valence-corrected chi connectivity index (χ0v) is 8.62. The average Bonchev–Trinajstić information content (AvgIpc) is 2.15. The highest BCUT2D eigenvalue weighted by molar-refractivity contribution is 7.81. The number of hydrogen-bond donors (Lipinski definition) is 4. The smallest absolute Gasteiger partial charge is 0.373 e. The molecule has 80 valence electrons. The van der Waals surface area contributed by atoms with Gasteiger partial charge in [-0.1, -0.05) is 0 Å². The van der Waals surface area contributed by atoms with Crippen LogP contribution in [0.25, 0.3) is 0 Å². The van der Waals surface area contributed by atoms with Gasteiger partial charge in [0.15, 0.2) is 0 Å². The van der Waals surface area contributed by atoms with Gasteiger partial charge in [-0.05, 0) is 0 Å². The van der Waals surface area contributed by atoms with Crippen LogP contribution in [0.5, 0.6) is 0 Å². The summed E-state index contributed by atoms with van der Waals surface area (Å²) >= 11 is 6.85. The van der Waals surface area contributed by atoms with E-state index < -0.39 is 23.5 Å². The van der Waals surface area contributed by atoms with Gasteiger partial charge in [-0.25, -0.2) is 9.59 Å². The molecule has 0 aliphatic carbocycles. The second-order valence-electron chi connectivity index (χ2n) is 1.77. The van der Waals surface area contributed by atoms with Crippen LogP contribution >= 0.6 is 25.3 Å². The lowest BCUT2D eigenvalue weighted by molar-refractivity contribution is -0.147. The molecule has 0 unspecified atom stereocenters. The van der Waals surface area contributed by atoms with E-state index in [0.29, 0.717) is 0 Å². The van der Waals surface area contributed by atoms with Gasteiger partial charge < -0.3 is 10.2 Å². The van der Waals surface area contributed by atoms with Crippen molar-refractivity contribution in [3.05, 3.63) is 0 Å². The zero-order valence-electron chi connectivity index (χ0n) is 6.84. The standard InChI is InChI=1S/2C3H4O3S/c2*4-2(1-7)3(5)6/h2*7H,1H2,(H,5,6). The minimum absolute atomic E-state index is 0.227. The van der Waals surface area contributed by atoms with Crippen LogP contribution in [0.2, 0.25) is 0 Å². The quantitative estimate of drug-likeness (QED) is 0.376. The fourth-order valence-corrected chi connectivity index (χ4v) is 0.406. The molecule has 0 aliphatic rings. The first-order chi connectivity index (χ1) is 6.36. The first kappa shape index (κ1) is 15.5. The van der Waals surface area contributed by atoms with Gasteiger partial charge in [0.2, 0.25) is 11.6 Å². The van der Waals surface area contributed by atoms with E-state index in [1.807, 2.05) is 0 Å². The van der Waals surface area contributed by atoms with Crippen molar-refractivity contribution in [2.45, 2.75) is 0 Å². The molecule has 0 heterocycles. The number of hydrogen-bond acceptors (Lipinski definition) is 6. The van der Waals surface area contributed by atoms with Crippen molar-refractivity contribution in [2.24, 2.45) is 0 Å². The summed E-state index contributed by atoms with van der Waals surface area (Å²) in [7, 11) is 0. The fourth-order valence-electron chi connectivity index (χ4n) is 0.135.